The van der Waals surface area contributed by atoms with Crippen LogP contribution in [0.5, 0.6) is 0 Å². The average molecular weight is 116 g/mol. The molecule has 0 bridgehead atoms. The molecule has 0 aromatic carbocycles. The van der Waals surface area contributed by atoms with Gasteiger partial charge in [-0.2, -0.15) is 0 Å². The monoisotopic (exact) mass is 116 g/mol. The third-order valence-corrected chi connectivity index (χ3v) is 2.66. The standard InChI is InChI=1S/C7H13F/c1-4-5(2)7(8)6(4)3/h4-7H,1-3H3/t4?,5-,6+,7?. The summed E-state index contributed by atoms with van der Waals surface area (Å²) in [6, 6.07) is 0. The van der Waals surface area contributed by atoms with E-state index in [1.54, 1.807) is 0 Å². The number of rotatable bonds is 0. The lowest BCUT2D eigenvalue weighted by Crippen LogP contribution is -2.43. The number of hydrogen-bond acceptors (Lipinski definition) is 0. The van der Waals surface area contributed by atoms with Crippen molar-refractivity contribution in [2.45, 2.75) is 26.9 Å². The number of hydrogen-bond donors (Lipinski definition) is 0. The Kier molecular flexibility index (Phi) is 1.30. The van der Waals surface area contributed by atoms with Gasteiger partial charge in [0.25, 0.3) is 0 Å². The number of alkyl halides is 1. The van der Waals surface area contributed by atoms with Gasteiger partial charge >= 0.3 is 0 Å². The molecule has 0 aromatic heterocycles. The first-order valence-corrected chi connectivity index (χ1v) is 3.28. The lowest BCUT2D eigenvalue weighted by atomic mass is 9.66. The molecule has 0 nitrogen and oxygen atoms in total. The van der Waals surface area contributed by atoms with Crippen LogP contribution in [-0.4, -0.2) is 6.17 Å². The Morgan fingerprint density at radius 1 is 0.875 bits per heavy atom. The molecule has 0 saturated heterocycles. The third-order valence-electron chi connectivity index (χ3n) is 2.66. The minimum Gasteiger partial charge on any atom is -0.247 e. The molecular weight excluding hydrogens is 103 g/mol. The minimum absolute atomic E-state index is 0.310. The quantitative estimate of drug-likeness (QED) is 0.455. The third kappa shape index (κ3) is 0.568. The summed E-state index contributed by atoms with van der Waals surface area (Å²) >= 11 is 0. The molecule has 1 saturated carbocycles. The predicted octanol–water partition coefficient (Wildman–Crippen LogP) is 2.25. The summed E-state index contributed by atoms with van der Waals surface area (Å²) in [5, 5.41) is 0. The SMILES string of the molecule is CC1[C@@H](C)C(F)[C@H]1C. The van der Waals surface area contributed by atoms with Crippen LogP contribution in [-0.2, 0) is 0 Å². The highest BCUT2D eigenvalue weighted by Gasteiger charge is 2.41. The van der Waals surface area contributed by atoms with E-state index in [-0.39, 0.29) is 0 Å². The van der Waals surface area contributed by atoms with Gasteiger partial charge in [0.1, 0.15) is 6.17 Å². The smallest absolute Gasteiger partial charge is 0.106 e. The Hall–Kier alpha value is -0.0700. The minimum atomic E-state index is -0.523. The van der Waals surface area contributed by atoms with Crippen LogP contribution in [0, 0.1) is 17.8 Å². The Morgan fingerprint density at radius 3 is 1.38 bits per heavy atom. The van der Waals surface area contributed by atoms with Crippen molar-refractivity contribution in [2.24, 2.45) is 17.8 Å². The Bertz CT molecular complexity index is 58.4. The molecule has 0 amide bonds. The highest BCUT2D eigenvalue weighted by Crippen LogP contribution is 2.41. The van der Waals surface area contributed by atoms with Gasteiger partial charge in [0.15, 0.2) is 0 Å². The Labute approximate surface area is 50.1 Å². The van der Waals surface area contributed by atoms with Crippen molar-refractivity contribution >= 4 is 0 Å². The molecule has 1 aliphatic carbocycles. The summed E-state index contributed by atoms with van der Waals surface area (Å²) in [6.07, 6.45) is -0.523. The number of halogens is 1. The van der Waals surface area contributed by atoms with Crippen LogP contribution in [0.3, 0.4) is 0 Å². The van der Waals surface area contributed by atoms with Gasteiger partial charge in [0, 0.05) is 0 Å². The predicted molar refractivity (Wildman–Crippen MR) is 32.4 cm³/mol. The van der Waals surface area contributed by atoms with Crippen LogP contribution in [0.4, 0.5) is 4.39 Å². The molecule has 0 aromatic rings. The molecule has 0 heterocycles. The maximum Gasteiger partial charge on any atom is 0.106 e. The van der Waals surface area contributed by atoms with Crippen LogP contribution >= 0.6 is 0 Å². The summed E-state index contributed by atoms with van der Waals surface area (Å²) in [5.41, 5.74) is 0. The first-order chi connectivity index (χ1) is 3.64. The van der Waals surface area contributed by atoms with Gasteiger partial charge in [-0.05, 0) is 17.8 Å². The van der Waals surface area contributed by atoms with E-state index in [2.05, 4.69) is 6.92 Å². The van der Waals surface area contributed by atoms with E-state index in [0.29, 0.717) is 17.8 Å². The maximum atomic E-state index is 12.6. The zero-order chi connectivity index (χ0) is 6.31. The van der Waals surface area contributed by atoms with Crippen molar-refractivity contribution in [3.05, 3.63) is 0 Å². The topological polar surface area (TPSA) is 0 Å². The van der Waals surface area contributed by atoms with E-state index in [1.807, 2.05) is 13.8 Å². The molecule has 0 radical (unpaired) electrons. The molecule has 4 atom stereocenters. The molecule has 1 fully saturated rings. The van der Waals surface area contributed by atoms with Gasteiger partial charge in [-0.1, -0.05) is 20.8 Å². The molecule has 1 rings (SSSR count). The van der Waals surface area contributed by atoms with Crippen molar-refractivity contribution in [1.82, 2.24) is 0 Å². The van der Waals surface area contributed by atoms with Crippen LogP contribution in [0.1, 0.15) is 20.8 Å². The van der Waals surface area contributed by atoms with Crippen LogP contribution in [0.25, 0.3) is 0 Å². The zero-order valence-electron chi connectivity index (χ0n) is 5.69. The average Bonchev–Trinajstić information content (AvgIpc) is 1.83. The van der Waals surface area contributed by atoms with Crippen molar-refractivity contribution in [1.29, 1.82) is 0 Å². The summed E-state index contributed by atoms with van der Waals surface area (Å²) in [5.74, 6) is 1.22. The van der Waals surface area contributed by atoms with Gasteiger partial charge in [0.05, 0.1) is 0 Å². The van der Waals surface area contributed by atoms with Crippen LogP contribution < -0.4 is 0 Å². The second-order valence-corrected chi connectivity index (χ2v) is 3.02. The fraction of sp³-hybridized carbons (Fsp3) is 1.00. The lowest BCUT2D eigenvalue weighted by Gasteiger charge is -2.42. The van der Waals surface area contributed by atoms with Gasteiger partial charge < -0.3 is 0 Å². The highest BCUT2D eigenvalue weighted by atomic mass is 19.1. The fourth-order valence-electron chi connectivity index (χ4n) is 1.39. The van der Waals surface area contributed by atoms with Crippen molar-refractivity contribution in [2.75, 3.05) is 0 Å². The molecule has 0 N–H and O–H groups in total. The zero-order valence-corrected chi connectivity index (χ0v) is 5.69. The normalized spacial score (nSPS) is 55.5. The van der Waals surface area contributed by atoms with E-state index < -0.39 is 6.17 Å². The second kappa shape index (κ2) is 1.71. The first kappa shape index (κ1) is 6.06. The highest BCUT2D eigenvalue weighted by molar-refractivity contribution is 4.89. The van der Waals surface area contributed by atoms with Gasteiger partial charge in [-0.15, -0.1) is 0 Å². The van der Waals surface area contributed by atoms with E-state index in [9.17, 15) is 4.39 Å². The van der Waals surface area contributed by atoms with Crippen LogP contribution in [0.15, 0.2) is 0 Å². The molecule has 0 spiro atoms. The summed E-state index contributed by atoms with van der Waals surface area (Å²) in [4.78, 5) is 0. The van der Waals surface area contributed by atoms with E-state index in [1.165, 1.54) is 0 Å². The van der Waals surface area contributed by atoms with Crippen LogP contribution in [0.2, 0.25) is 0 Å². The first-order valence-electron chi connectivity index (χ1n) is 3.28. The Morgan fingerprint density at radius 2 is 1.25 bits per heavy atom. The maximum absolute atomic E-state index is 12.6. The van der Waals surface area contributed by atoms with E-state index >= 15 is 0 Å². The lowest BCUT2D eigenvalue weighted by molar-refractivity contribution is -0.0145. The molecule has 0 aliphatic heterocycles. The molecule has 8 heavy (non-hydrogen) atoms. The van der Waals surface area contributed by atoms with Crippen molar-refractivity contribution in [3.63, 3.8) is 0 Å². The molecular formula is C7H13F. The van der Waals surface area contributed by atoms with Gasteiger partial charge in [-0.25, -0.2) is 4.39 Å². The Balaban J connectivity index is 2.42. The summed E-state index contributed by atoms with van der Waals surface area (Å²) in [6.45, 7) is 6.08. The van der Waals surface area contributed by atoms with Gasteiger partial charge in [-0.3, -0.25) is 0 Å². The largest absolute Gasteiger partial charge is 0.247 e. The summed E-state index contributed by atoms with van der Waals surface area (Å²) in [7, 11) is 0. The van der Waals surface area contributed by atoms with Crippen molar-refractivity contribution < 1.29 is 4.39 Å². The molecule has 1 heteroatoms. The van der Waals surface area contributed by atoms with E-state index in [4.69, 9.17) is 0 Å². The van der Waals surface area contributed by atoms with Gasteiger partial charge in [0.2, 0.25) is 0 Å². The molecule has 1 aliphatic rings. The van der Waals surface area contributed by atoms with E-state index in [0.717, 1.165) is 0 Å². The summed E-state index contributed by atoms with van der Waals surface area (Å²) < 4.78 is 12.6. The van der Waals surface area contributed by atoms with Crippen molar-refractivity contribution in [3.8, 4) is 0 Å². The second-order valence-electron chi connectivity index (χ2n) is 3.02. The fourth-order valence-corrected chi connectivity index (χ4v) is 1.39. The molecule has 2 unspecified atom stereocenters. The molecule has 48 valence electrons.